The Bertz CT molecular complexity index is 486. The van der Waals surface area contributed by atoms with Crippen molar-refractivity contribution in [1.29, 1.82) is 5.26 Å². The smallest absolute Gasteiger partial charge is 0.130 e. The summed E-state index contributed by atoms with van der Waals surface area (Å²) in [5.74, 6) is 0.864. The van der Waals surface area contributed by atoms with Crippen LogP contribution in [0.3, 0.4) is 0 Å². The van der Waals surface area contributed by atoms with Gasteiger partial charge in [-0.1, -0.05) is 0 Å². The van der Waals surface area contributed by atoms with Crippen LogP contribution in [0.5, 0.6) is 5.75 Å². The highest BCUT2D eigenvalue weighted by Gasteiger charge is 2.38. The third kappa shape index (κ3) is 2.49. The molecule has 0 radical (unpaired) electrons. The SMILES string of the molecule is CC(C)O[C@@H]1Cc2cc(C#N)ccc2OC1(C)C. The molecule has 0 fully saturated rings. The molecule has 0 aromatic heterocycles. The zero-order valence-corrected chi connectivity index (χ0v) is 11.4. The second-order valence-corrected chi connectivity index (χ2v) is 5.52. The second-order valence-electron chi connectivity index (χ2n) is 5.52. The normalized spacial score (nSPS) is 21.0. The van der Waals surface area contributed by atoms with E-state index in [0.717, 1.165) is 17.7 Å². The first-order valence-electron chi connectivity index (χ1n) is 6.30. The zero-order valence-electron chi connectivity index (χ0n) is 11.4. The summed E-state index contributed by atoms with van der Waals surface area (Å²) in [6.07, 6.45) is 0.966. The maximum Gasteiger partial charge on any atom is 0.130 e. The van der Waals surface area contributed by atoms with Gasteiger partial charge >= 0.3 is 0 Å². The van der Waals surface area contributed by atoms with Gasteiger partial charge in [-0.05, 0) is 51.5 Å². The third-order valence-corrected chi connectivity index (χ3v) is 3.18. The maximum absolute atomic E-state index is 8.93. The van der Waals surface area contributed by atoms with E-state index < -0.39 is 0 Å². The number of ether oxygens (including phenoxy) is 2. The van der Waals surface area contributed by atoms with Crippen molar-refractivity contribution in [2.24, 2.45) is 0 Å². The molecular formula is C15H19NO2. The zero-order chi connectivity index (χ0) is 13.3. The summed E-state index contributed by atoms with van der Waals surface area (Å²) in [6, 6.07) is 7.71. The predicted molar refractivity (Wildman–Crippen MR) is 69.6 cm³/mol. The fraction of sp³-hybridized carbons (Fsp3) is 0.533. The minimum absolute atomic E-state index is 0.0129. The van der Waals surface area contributed by atoms with E-state index in [0.29, 0.717) is 5.56 Å². The molecule has 1 aromatic rings. The number of benzene rings is 1. The first kappa shape index (κ1) is 12.9. The van der Waals surface area contributed by atoms with Crippen molar-refractivity contribution >= 4 is 0 Å². The van der Waals surface area contributed by atoms with Gasteiger partial charge in [0.15, 0.2) is 0 Å². The number of nitrogens with zero attached hydrogens (tertiary/aromatic N) is 1. The maximum atomic E-state index is 8.93. The predicted octanol–water partition coefficient (Wildman–Crippen LogP) is 3.07. The van der Waals surface area contributed by atoms with Crippen LogP contribution < -0.4 is 4.74 Å². The van der Waals surface area contributed by atoms with E-state index in [4.69, 9.17) is 14.7 Å². The molecule has 18 heavy (non-hydrogen) atoms. The summed E-state index contributed by atoms with van der Waals surface area (Å²) < 4.78 is 11.9. The summed E-state index contributed by atoms with van der Waals surface area (Å²) in [6.45, 7) is 8.14. The van der Waals surface area contributed by atoms with Crippen LogP contribution in [0.25, 0.3) is 0 Å². The van der Waals surface area contributed by atoms with Crippen molar-refractivity contribution in [3.05, 3.63) is 29.3 Å². The second kappa shape index (κ2) is 4.62. The van der Waals surface area contributed by atoms with Gasteiger partial charge in [0.2, 0.25) is 0 Å². The molecule has 96 valence electrons. The fourth-order valence-corrected chi connectivity index (χ4v) is 2.24. The quantitative estimate of drug-likeness (QED) is 0.804. The molecule has 3 nitrogen and oxygen atoms in total. The number of fused-ring (bicyclic) bond motifs is 1. The monoisotopic (exact) mass is 245 g/mol. The summed E-state index contributed by atoms with van der Waals surface area (Å²) in [4.78, 5) is 0. The average Bonchev–Trinajstić information content (AvgIpc) is 2.28. The number of hydrogen-bond acceptors (Lipinski definition) is 3. The van der Waals surface area contributed by atoms with Crippen molar-refractivity contribution in [2.75, 3.05) is 0 Å². The van der Waals surface area contributed by atoms with Crippen LogP contribution in [0.1, 0.15) is 38.8 Å². The van der Waals surface area contributed by atoms with Crippen molar-refractivity contribution in [3.8, 4) is 11.8 Å². The van der Waals surface area contributed by atoms with Crippen LogP contribution in [0.2, 0.25) is 0 Å². The van der Waals surface area contributed by atoms with Gasteiger partial charge in [0, 0.05) is 6.42 Å². The topological polar surface area (TPSA) is 42.2 Å². The largest absolute Gasteiger partial charge is 0.485 e. The van der Waals surface area contributed by atoms with Crippen LogP contribution >= 0.6 is 0 Å². The average molecular weight is 245 g/mol. The van der Waals surface area contributed by atoms with E-state index in [1.165, 1.54) is 0 Å². The fourth-order valence-electron chi connectivity index (χ4n) is 2.24. The molecule has 2 rings (SSSR count). The van der Waals surface area contributed by atoms with Gasteiger partial charge in [0.25, 0.3) is 0 Å². The molecule has 0 saturated heterocycles. The van der Waals surface area contributed by atoms with E-state index >= 15 is 0 Å². The molecule has 1 aliphatic heterocycles. The first-order chi connectivity index (χ1) is 8.42. The lowest BCUT2D eigenvalue weighted by molar-refractivity contribution is -0.105. The Morgan fingerprint density at radius 1 is 1.44 bits per heavy atom. The van der Waals surface area contributed by atoms with Crippen LogP contribution in [0.15, 0.2) is 18.2 Å². The van der Waals surface area contributed by atoms with Crippen LogP contribution in [-0.4, -0.2) is 17.8 Å². The standard InChI is InChI=1S/C15H19NO2/c1-10(2)17-14-8-12-7-11(9-16)5-6-13(12)18-15(14,3)4/h5-7,10,14H,8H2,1-4H3/t14-/m1/s1. The van der Waals surface area contributed by atoms with Crippen molar-refractivity contribution < 1.29 is 9.47 Å². The molecule has 0 spiro atoms. The Morgan fingerprint density at radius 3 is 2.78 bits per heavy atom. The number of hydrogen-bond donors (Lipinski definition) is 0. The van der Waals surface area contributed by atoms with Crippen molar-refractivity contribution in [1.82, 2.24) is 0 Å². The molecule has 0 bridgehead atoms. The molecule has 0 amide bonds. The van der Waals surface area contributed by atoms with Gasteiger partial charge in [-0.25, -0.2) is 0 Å². The lowest BCUT2D eigenvalue weighted by Crippen LogP contribution is -2.48. The molecule has 1 aliphatic rings. The molecular weight excluding hydrogens is 226 g/mol. The van der Waals surface area contributed by atoms with Crippen LogP contribution in [-0.2, 0) is 11.2 Å². The molecule has 1 heterocycles. The van der Waals surface area contributed by atoms with Crippen molar-refractivity contribution in [2.45, 2.75) is 51.9 Å². The van der Waals surface area contributed by atoms with Gasteiger partial charge in [-0.3, -0.25) is 0 Å². The molecule has 0 saturated carbocycles. The summed E-state index contributed by atoms with van der Waals surface area (Å²) >= 11 is 0. The van der Waals surface area contributed by atoms with Gasteiger partial charge in [0.1, 0.15) is 17.5 Å². The van der Waals surface area contributed by atoms with E-state index in [9.17, 15) is 0 Å². The van der Waals surface area contributed by atoms with Gasteiger partial charge in [-0.15, -0.1) is 0 Å². The first-order valence-corrected chi connectivity index (χ1v) is 6.30. The number of nitriles is 1. The third-order valence-electron chi connectivity index (χ3n) is 3.18. The van der Waals surface area contributed by atoms with E-state index in [1.54, 1.807) is 6.07 Å². The van der Waals surface area contributed by atoms with E-state index in [1.807, 2.05) is 39.8 Å². The molecule has 0 N–H and O–H groups in total. The minimum atomic E-state index is -0.342. The minimum Gasteiger partial charge on any atom is -0.485 e. The Hall–Kier alpha value is -1.53. The van der Waals surface area contributed by atoms with E-state index in [-0.39, 0.29) is 17.8 Å². The molecule has 0 aliphatic carbocycles. The lowest BCUT2D eigenvalue weighted by Gasteiger charge is -2.40. The Morgan fingerprint density at radius 2 is 2.17 bits per heavy atom. The molecule has 1 atom stereocenters. The highest BCUT2D eigenvalue weighted by Crippen LogP contribution is 2.35. The molecule has 1 aromatic carbocycles. The van der Waals surface area contributed by atoms with Crippen LogP contribution in [0.4, 0.5) is 0 Å². The molecule has 0 unspecified atom stereocenters. The lowest BCUT2D eigenvalue weighted by atomic mass is 9.90. The van der Waals surface area contributed by atoms with Crippen molar-refractivity contribution in [3.63, 3.8) is 0 Å². The summed E-state index contributed by atoms with van der Waals surface area (Å²) in [5, 5.41) is 8.93. The summed E-state index contributed by atoms with van der Waals surface area (Å²) in [5.41, 5.74) is 1.38. The Kier molecular flexibility index (Phi) is 3.32. The van der Waals surface area contributed by atoms with Gasteiger partial charge < -0.3 is 9.47 Å². The number of rotatable bonds is 2. The highest BCUT2D eigenvalue weighted by molar-refractivity contribution is 5.44. The van der Waals surface area contributed by atoms with Crippen LogP contribution in [0, 0.1) is 11.3 Å². The van der Waals surface area contributed by atoms with E-state index in [2.05, 4.69) is 6.07 Å². The highest BCUT2D eigenvalue weighted by atomic mass is 16.6. The Labute approximate surface area is 108 Å². The van der Waals surface area contributed by atoms with Gasteiger partial charge in [-0.2, -0.15) is 5.26 Å². The summed E-state index contributed by atoms with van der Waals surface area (Å²) in [7, 11) is 0. The molecule has 3 heteroatoms. The Balaban J connectivity index is 2.31. The van der Waals surface area contributed by atoms with Gasteiger partial charge in [0.05, 0.1) is 17.7 Å².